The second kappa shape index (κ2) is 6.93. The van der Waals surface area contributed by atoms with Crippen LogP contribution in [0.25, 0.3) is 0 Å². The van der Waals surface area contributed by atoms with E-state index in [0.29, 0.717) is 0 Å². The standard InChI is InChI=1S/C23H31NO/c1-16(2)23(25)17(3)21(19-12-8-6-9-13-19)24(5)22(18(23)4)20-14-10-7-11-15-20/h6-18,21-22,25H,1-5H3/t17-,18+,21-,22+,23?. The molecule has 1 aliphatic rings. The first-order valence-corrected chi connectivity index (χ1v) is 9.43. The topological polar surface area (TPSA) is 23.5 Å². The molecule has 25 heavy (non-hydrogen) atoms. The van der Waals surface area contributed by atoms with Crippen LogP contribution >= 0.6 is 0 Å². The minimum Gasteiger partial charge on any atom is -0.389 e. The molecule has 2 aromatic carbocycles. The van der Waals surface area contributed by atoms with E-state index in [9.17, 15) is 5.11 Å². The van der Waals surface area contributed by atoms with Crippen molar-refractivity contribution in [3.63, 3.8) is 0 Å². The lowest BCUT2D eigenvalue weighted by Crippen LogP contribution is -2.60. The lowest BCUT2D eigenvalue weighted by atomic mass is 9.61. The number of piperidine rings is 1. The highest BCUT2D eigenvalue weighted by Gasteiger charge is 2.55. The van der Waals surface area contributed by atoms with Crippen LogP contribution in [-0.4, -0.2) is 22.7 Å². The summed E-state index contributed by atoms with van der Waals surface area (Å²) in [5, 5.41) is 11.8. The minimum atomic E-state index is -0.715. The van der Waals surface area contributed by atoms with Crippen LogP contribution in [0.3, 0.4) is 0 Å². The molecule has 1 saturated heterocycles. The Labute approximate surface area is 152 Å². The quantitative estimate of drug-likeness (QED) is 0.845. The molecule has 1 unspecified atom stereocenters. The Balaban J connectivity index is 2.13. The maximum Gasteiger partial charge on any atom is 0.0757 e. The summed E-state index contributed by atoms with van der Waals surface area (Å²) < 4.78 is 0. The molecule has 1 heterocycles. The first-order chi connectivity index (χ1) is 11.9. The summed E-state index contributed by atoms with van der Waals surface area (Å²) in [6, 6.07) is 21.6. The fraction of sp³-hybridized carbons (Fsp3) is 0.478. The summed E-state index contributed by atoms with van der Waals surface area (Å²) >= 11 is 0. The van der Waals surface area contributed by atoms with Crippen molar-refractivity contribution in [3.05, 3.63) is 71.8 Å². The molecule has 1 N–H and O–H groups in total. The summed E-state index contributed by atoms with van der Waals surface area (Å²) in [6.45, 7) is 8.74. The molecule has 0 aliphatic carbocycles. The van der Waals surface area contributed by atoms with E-state index in [4.69, 9.17) is 0 Å². The zero-order valence-electron chi connectivity index (χ0n) is 16.1. The van der Waals surface area contributed by atoms with Crippen LogP contribution < -0.4 is 0 Å². The molecule has 0 amide bonds. The third-order valence-electron chi connectivity index (χ3n) is 6.49. The fourth-order valence-electron chi connectivity index (χ4n) is 5.20. The number of benzene rings is 2. The van der Waals surface area contributed by atoms with Gasteiger partial charge in [0.1, 0.15) is 0 Å². The minimum absolute atomic E-state index is 0.148. The van der Waals surface area contributed by atoms with Gasteiger partial charge in [-0.05, 0) is 24.1 Å². The molecule has 0 saturated carbocycles. The lowest BCUT2D eigenvalue weighted by molar-refractivity contribution is -0.179. The summed E-state index contributed by atoms with van der Waals surface area (Å²) in [7, 11) is 2.21. The zero-order valence-corrected chi connectivity index (χ0v) is 16.1. The lowest BCUT2D eigenvalue weighted by Gasteiger charge is -2.58. The van der Waals surface area contributed by atoms with Crippen molar-refractivity contribution in [2.75, 3.05) is 7.05 Å². The summed E-state index contributed by atoms with van der Waals surface area (Å²) in [5.41, 5.74) is 1.85. The molecule has 3 rings (SSSR count). The summed E-state index contributed by atoms with van der Waals surface area (Å²) in [6.07, 6.45) is 0. The third-order valence-corrected chi connectivity index (χ3v) is 6.49. The molecule has 1 aliphatic heterocycles. The molecule has 134 valence electrons. The normalized spacial score (nSPS) is 33.6. The highest BCUT2D eigenvalue weighted by atomic mass is 16.3. The molecule has 2 nitrogen and oxygen atoms in total. The van der Waals surface area contributed by atoms with Crippen molar-refractivity contribution in [1.82, 2.24) is 4.90 Å². The van der Waals surface area contributed by atoms with Crippen molar-refractivity contribution in [3.8, 4) is 0 Å². The van der Waals surface area contributed by atoms with Crippen LogP contribution in [0.5, 0.6) is 0 Å². The third kappa shape index (κ3) is 2.92. The Kier molecular flexibility index (Phi) is 5.04. The summed E-state index contributed by atoms with van der Waals surface area (Å²) in [4.78, 5) is 2.47. The highest BCUT2D eigenvalue weighted by molar-refractivity contribution is 5.28. The van der Waals surface area contributed by atoms with Crippen LogP contribution in [0, 0.1) is 17.8 Å². The first kappa shape index (κ1) is 18.2. The van der Waals surface area contributed by atoms with E-state index >= 15 is 0 Å². The number of hydrogen-bond acceptors (Lipinski definition) is 2. The molecule has 5 atom stereocenters. The van der Waals surface area contributed by atoms with Crippen LogP contribution in [0.2, 0.25) is 0 Å². The SMILES string of the molecule is CC(C)C1(O)[C@H](C)[C@H](c2ccccc2)N(C)[C@H](c2ccccc2)[C@@H]1C. The Hall–Kier alpha value is -1.64. The zero-order chi connectivity index (χ0) is 18.2. The fourth-order valence-corrected chi connectivity index (χ4v) is 5.20. The van der Waals surface area contributed by atoms with Crippen LogP contribution in [-0.2, 0) is 0 Å². The number of hydrogen-bond donors (Lipinski definition) is 1. The molecule has 0 spiro atoms. The predicted molar refractivity (Wildman–Crippen MR) is 104 cm³/mol. The number of likely N-dealkylation sites (tertiary alicyclic amines) is 1. The van der Waals surface area contributed by atoms with Crippen LogP contribution in [0.15, 0.2) is 60.7 Å². The van der Waals surface area contributed by atoms with E-state index in [0.717, 1.165) is 0 Å². The second-order valence-electron chi connectivity index (χ2n) is 8.00. The van der Waals surface area contributed by atoms with E-state index in [2.05, 4.69) is 100 Å². The van der Waals surface area contributed by atoms with Crippen molar-refractivity contribution >= 4 is 0 Å². The average Bonchev–Trinajstić information content (AvgIpc) is 2.62. The molecule has 0 bridgehead atoms. The molecule has 2 heteroatoms. The van der Waals surface area contributed by atoms with Gasteiger partial charge in [-0.2, -0.15) is 0 Å². The van der Waals surface area contributed by atoms with Crippen LogP contribution in [0.4, 0.5) is 0 Å². The molecular weight excluding hydrogens is 306 g/mol. The van der Waals surface area contributed by atoms with Gasteiger partial charge in [0.05, 0.1) is 5.60 Å². The number of aliphatic hydroxyl groups is 1. The van der Waals surface area contributed by atoms with E-state index in [1.165, 1.54) is 11.1 Å². The van der Waals surface area contributed by atoms with Gasteiger partial charge in [-0.1, -0.05) is 88.4 Å². The Morgan fingerprint density at radius 3 is 1.48 bits per heavy atom. The maximum atomic E-state index is 11.8. The van der Waals surface area contributed by atoms with E-state index < -0.39 is 5.60 Å². The van der Waals surface area contributed by atoms with E-state index in [1.54, 1.807) is 0 Å². The van der Waals surface area contributed by atoms with Crippen molar-refractivity contribution in [2.24, 2.45) is 17.8 Å². The Morgan fingerprint density at radius 1 is 0.800 bits per heavy atom. The van der Waals surface area contributed by atoms with Gasteiger partial charge in [0.2, 0.25) is 0 Å². The van der Waals surface area contributed by atoms with Crippen molar-refractivity contribution in [1.29, 1.82) is 0 Å². The molecular formula is C23H31NO. The number of rotatable bonds is 3. The Bertz CT molecular complexity index is 628. The van der Waals surface area contributed by atoms with Gasteiger partial charge in [-0.3, -0.25) is 4.90 Å². The van der Waals surface area contributed by atoms with E-state index in [-0.39, 0.29) is 29.8 Å². The molecule has 0 aromatic heterocycles. The van der Waals surface area contributed by atoms with Crippen molar-refractivity contribution in [2.45, 2.75) is 45.4 Å². The van der Waals surface area contributed by atoms with Gasteiger partial charge >= 0.3 is 0 Å². The largest absolute Gasteiger partial charge is 0.389 e. The average molecular weight is 338 g/mol. The molecule has 1 fully saturated rings. The molecule has 2 aromatic rings. The predicted octanol–water partition coefficient (Wildman–Crippen LogP) is 5.07. The van der Waals surface area contributed by atoms with Crippen LogP contribution in [0.1, 0.15) is 50.9 Å². The monoisotopic (exact) mass is 337 g/mol. The summed E-state index contributed by atoms with van der Waals surface area (Å²) in [5.74, 6) is 0.494. The van der Waals surface area contributed by atoms with Gasteiger partial charge in [-0.15, -0.1) is 0 Å². The molecule has 0 radical (unpaired) electrons. The Morgan fingerprint density at radius 2 is 1.16 bits per heavy atom. The maximum absolute atomic E-state index is 11.8. The number of nitrogens with zero attached hydrogens (tertiary/aromatic N) is 1. The van der Waals surface area contributed by atoms with Crippen molar-refractivity contribution < 1.29 is 5.11 Å². The van der Waals surface area contributed by atoms with Gasteiger partial charge in [0.15, 0.2) is 0 Å². The van der Waals surface area contributed by atoms with Gasteiger partial charge in [0, 0.05) is 23.9 Å². The van der Waals surface area contributed by atoms with Gasteiger partial charge in [-0.25, -0.2) is 0 Å². The van der Waals surface area contributed by atoms with Gasteiger partial charge < -0.3 is 5.11 Å². The smallest absolute Gasteiger partial charge is 0.0757 e. The first-order valence-electron chi connectivity index (χ1n) is 9.43. The van der Waals surface area contributed by atoms with E-state index in [1.807, 2.05) is 0 Å². The van der Waals surface area contributed by atoms with Gasteiger partial charge in [0.25, 0.3) is 0 Å². The highest BCUT2D eigenvalue weighted by Crippen LogP contribution is 2.54. The second-order valence-corrected chi connectivity index (χ2v) is 8.00.